The van der Waals surface area contributed by atoms with Crippen LogP contribution in [0.15, 0.2) is 16.6 Å². The average Bonchev–Trinajstić information content (AvgIpc) is 2.46. The second-order valence-corrected chi connectivity index (χ2v) is 3.85. The highest BCUT2D eigenvalue weighted by molar-refractivity contribution is 9.10. The van der Waals surface area contributed by atoms with Crippen molar-refractivity contribution in [2.75, 3.05) is 13.7 Å². The molecule has 1 aliphatic rings. The number of hydrogen-bond acceptors (Lipinski definition) is 3. The first kappa shape index (κ1) is 8.84. The van der Waals surface area contributed by atoms with Crippen molar-refractivity contribution >= 4 is 15.9 Å². The molecule has 0 amide bonds. The Morgan fingerprint density at radius 3 is 3.08 bits per heavy atom. The second-order valence-electron chi connectivity index (χ2n) is 2.94. The average molecular weight is 244 g/mol. The Hall–Kier alpha value is -0.740. The Labute approximate surface area is 85.0 Å². The van der Waals surface area contributed by atoms with E-state index in [1.165, 1.54) is 0 Å². The van der Waals surface area contributed by atoms with Crippen molar-refractivity contribution in [3.05, 3.63) is 22.2 Å². The fourth-order valence-electron chi connectivity index (χ4n) is 1.49. The van der Waals surface area contributed by atoms with E-state index in [1.54, 1.807) is 7.11 Å². The van der Waals surface area contributed by atoms with E-state index in [0.717, 1.165) is 21.5 Å². The fraction of sp³-hybridized carbons (Fsp3) is 0.333. The zero-order chi connectivity index (χ0) is 9.42. The first-order valence-electron chi connectivity index (χ1n) is 3.98. The molecule has 1 aliphatic heterocycles. The van der Waals surface area contributed by atoms with Crippen LogP contribution in [0, 0.1) is 0 Å². The van der Waals surface area contributed by atoms with Gasteiger partial charge in [0.1, 0.15) is 18.1 Å². The van der Waals surface area contributed by atoms with Gasteiger partial charge in [0, 0.05) is 4.47 Å². The van der Waals surface area contributed by atoms with Crippen LogP contribution in [0.1, 0.15) is 11.6 Å². The molecule has 0 fully saturated rings. The highest BCUT2D eigenvalue weighted by Gasteiger charge is 2.25. The molecule has 0 aromatic heterocycles. The van der Waals surface area contributed by atoms with Crippen molar-refractivity contribution < 1.29 is 9.47 Å². The van der Waals surface area contributed by atoms with Crippen LogP contribution in [0.2, 0.25) is 0 Å². The second kappa shape index (κ2) is 3.20. The molecule has 70 valence electrons. The van der Waals surface area contributed by atoms with Gasteiger partial charge in [-0.1, -0.05) is 15.9 Å². The quantitative estimate of drug-likeness (QED) is 0.819. The summed E-state index contributed by atoms with van der Waals surface area (Å²) in [6.45, 7) is 0.530. The number of hydrogen-bond donors (Lipinski definition) is 1. The van der Waals surface area contributed by atoms with E-state index in [-0.39, 0.29) is 6.04 Å². The SMILES string of the molecule is COc1cc(Br)cc2c1C(N)CO2. The summed E-state index contributed by atoms with van der Waals surface area (Å²) in [5.74, 6) is 1.60. The maximum absolute atomic E-state index is 5.85. The highest BCUT2D eigenvalue weighted by atomic mass is 79.9. The Bertz CT molecular complexity index is 341. The Kier molecular flexibility index (Phi) is 2.17. The lowest BCUT2D eigenvalue weighted by atomic mass is 10.1. The minimum absolute atomic E-state index is 0.0713. The number of fused-ring (bicyclic) bond motifs is 1. The van der Waals surface area contributed by atoms with Crippen LogP contribution in [-0.4, -0.2) is 13.7 Å². The standard InChI is InChI=1S/C9H10BrNO2/c1-12-7-2-5(10)3-8-9(7)6(11)4-13-8/h2-3,6H,4,11H2,1H3. The van der Waals surface area contributed by atoms with Crippen LogP contribution in [0.5, 0.6) is 11.5 Å². The van der Waals surface area contributed by atoms with E-state index in [4.69, 9.17) is 15.2 Å². The predicted octanol–water partition coefficient (Wildman–Crippen LogP) is 1.85. The lowest BCUT2D eigenvalue weighted by Gasteiger charge is -2.08. The molecule has 1 atom stereocenters. The number of halogens is 1. The molecule has 1 aromatic carbocycles. The third kappa shape index (κ3) is 1.40. The van der Waals surface area contributed by atoms with Crippen molar-refractivity contribution in [3.63, 3.8) is 0 Å². The van der Waals surface area contributed by atoms with Gasteiger partial charge in [-0.05, 0) is 12.1 Å². The number of nitrogens with two attached hydrogens (primary N) is 1. The summed E-state index contributed by atoms with van der Waals surface area (Å²) in [6, 6.07) is 3.73. The number of ether oxygens (including phenoxy) is 2. The van der Waals surface area contributed by atoms with Crippen molar-refractivity contribution in [2.24, 2.45) is 5.73 Å². The summed E-state index contributed by atoms with van der Waals surface area (Å²) < 4.78 is 11.6. The maximum atomic E-state index is 5.85. The van der Waals surface area contributed by atoms with Gasteiger partial charge in [0.2, 0.25) is 0 Å². The van der Waals surface area contributed by atoms with Gasteiger partial charge in [0.25, 0.3) is 0 Å². The summed E-state index contributed by atoms with van der Waals surface area (Å²) in [6.07, 6.45) is 0. The minimum Gasteiger partial charge on any atom is -0.496 e. The smallest absolute Gasteiger partial charge is 0.129 e. The van der Waals surface area contributed by atoms with Gasteiger partial charge in [-0.25, -0.2) is 0 Å². The molecule has 0 saturated heterocycles. The monoisotopic (exact) mass is 243 g/mol. The van der Waals surface area contributed by atoms with E-state index in [1.807, 2.05) is 12.1 Å². The topological polar surface area (TPSA) is 44.5 Å². The lowest BCUT2D eigenvalue weighted by molar-refractivity contribution is 0.333. The molecule has 0 radical (unpaired) electrons. The van der Waals surface area contributed by atoms with Crippen LogP contribution in [0.3, 0.4) is 0 Å². The van der Waals surface area contributed by atoms with Gasteiger partial charge in [-0.15, -0.1) is 0 Å². The molecule has 3 nitrogen and oxygen atoms in total. The molecule has 2 N–H and O–H groups in total. The van der Waals surface area contributed by atoms with Gasteiger partial charge >= 0.3 is 0 Å². The molecule has 4 heteroatoms. The highest BCUT2D eigenvalue weighted by Crippen LogP contribution is 2.40. The van der Waals surface area contributed by atoms with Crippen molar-refractivity contribution in [1.82, 2.24) is 0 Å². The van der Waals surface area contributed by atoms with E-state index in [2.05, 4.69) is 15.9 Å². The maximum Gasteiger partial charge on any atom is 0.129 e. The van der Waals surface area contributed by atoms with Crippen molar-refractivity contribution in [1.29, 1.82) is 0 Å². The molecule has 0 saturated carbocycles. The summed E-state index contributed by atoms with van der Waals surface area (Å²) in [4.78, 5) is 0. The van der Waals surface area contributed by atoms with Crippen molar-refractivity contribution in [2.45, 2.75) is 6.04 Å². The van der Waals surface area contributed by atoms with Gasteiger partial charge in [-0.3, -0.25) is 0 Å². The van der Waals surface area contributed by atoms with E-state index < -0.39 is 0 Å². The molecule has 13 heavy (non-hydrogen) atoms. The number of methoxy groups -OCH3 is 1. The van der Waals surface area contributed by atoms with Crippen LogP contribution >= 0.6 is 15.9 Å². The molecule has 0 bridgehead atoms. The minimum atomic E-state index is -0.0713. The zero-order valence-corrected chi connectivity index (χ0v) is 8.80. The zero-order valence-electron chi connectivity index (χ0n) is 7.21. The molecular formula is C9H10BrNO2. The normalized spacial score (nSPS) is 19.5. The van der Waals surface area contributed by atoms with E-state index in [0.29, 0.717) is 6.61 Å². The Morgan fingerprint density at radius 1 is 1.62 bits per heavy atom. The third-order valence-corrected chi connectivity index (χ3v) is 2.54. The van der Waals surface area contributed by atoms with Crippen LogP contribution in [0.25, 0.3) is 0 Å². The Morgan fingerprint density at radius 2 is 2.38 bits per heavy atom. The van der Waals surface area contributed by atoms with Crippen LogP contribution < -0.4 is 15.2 Å². The van der Waals surface area contributed by atoms with E-state index >= 15 is 0 Å². The largest absolute Gasteiger partial charge is 0.496 e. The Balaban J connectivity index is 2.57. The van der Waals surface area contributed by atoms with Gasteiger partial charge < -0.3 is 15.2 Å². The molecule has 0 spiro atoms. The van der Waals surface area contributed by atoms with Crippen LogP contribution in [0.4, 0.5) is 0 Å². The van der Waals surface area contributed by atoms with E-state index in [9.17, 15) is 0 Å². The summed E-state index contributed by atoms with van der Waals surface area (Å²) in [5.41, 5.74) is 6.82. The fourth-order valence-corrected chi connectivity index (χ4v) is 1.90. The lowest BCUT2D eigenvalue weighted by Crippen LogP contribution is -2.11. The van der Waals surface area contributed by atoms with Crippen LogP contribution in [-0.2, 0) is 0 Å². The van der Waals surface area contributed by atoms with Gasteiger partial charge in [-0.2, -0.15) is 0 Å². The first-order valence-corrected chi connectivity index (χ1v) is 4.77. The number of rotatable bonds is 1. The molecule has 0 aliphatic carbocycles. The molecule has 2 rings (SSSR count). The molecule has 1 aromatic rings. The first-order chi connectivity index (χ1) is 6.22. The van der Waals surface area contributed by atoms with Crippen molar-refractivity contribution in [3.8, 4) is 11.5 Å². The molecule has 1 heterocycles. The molecular weight excluding hydrogens is 234 g/mol. The van der Waals surface area contributed by atoms with Gasteiger partial charge in [0.05, 0.1) is 18.7 Å². The third-order valence-electron chi connectivity index (χ3n) is 2.08. The van der Waals surface area contributed by atoms with Gasteiger partial charge in [0.15, 0.2) is 0 Å². The predicted molar refractivity (Wildman–Crippen MR) is 53.1 cm³/mol. The molecule has 1 unspecified atom stereocenters. The summed E-state index contributed by atoms with van der Waals surface area (Å²) >= 11 is 3.38. The number of benzene rings is 1. The summed E-state index contributed by atoms with van der Waals surface area (Å²) in [5, 5.41) is 0. The summed E-state index contributed by atoms with van der Waals surface area (Å²) in [7, 11) is 1.63.